The van der Waals surface area contributed by atoms with E-state index in [1.54, 1.807) is 15.6 Å². The fourth-order valence-corrected chi connectivity index (χ4v) is 4.31. The molecule has 0 N–H and O–H groups in total. The summed E-state index contributed by atoms with van der Waals surface area (Å²) in [6.45, 7) is 3.65. The third kappa shape index (κ3) is 3.56. The maximum absolute atomic E-state index is 12.1. The Kier molecular flexibility index (Phi) is 4.33. The van der Waals surface area contributed by atoms with Gasteiger partial charge in [0.25, 0.3) is 0 Å². The van der Waals surface area contributed by atoms with Crippen LogP contribution in [0.4, 0.5) is 0 Å². The van der Waals surface area contributed by atoms with Crippen LogP contribution >= 0.6 is 11.3 Å². The number of aromatic nitrogens is 3. The highest BCUT2D eigenvalue weighted by atomic mass is 32.2. The van der Waals surface area contributed by atoms with Gasteiger partial charge in [-0.2, -0.15) is 4.31 Å². The van der Waals surface area contributed by atoms with Crippen LogP contribution in [0, 0.1) is 12.8 Å². The summed E-state index contributed by atoms with van der Waals surface area (Å²) in [6, 6.07) is 0. The minimum atomic E-state index is -3.24. The van der Waals surface area contributed by atoms with Crippen molar-refractivity contribution in [2.24, 2.45) is 5.92 Å². The molecule has 3 rings (SSSR count). The fourth-order valence-electron chi connectivity index (χ4n) is 2.85. The third-order valence-corrected chi connectivity index (χ3v) is 6.01. The molecule has 1 atom stereocenters. The Balaban J connectivity index is 1.71. The number of fused-ring (bicyclic) bond motifs is 1. The minimum Gasteiger partial charge on any atom is -0.335 e. The first kappa shape index (κ1) is 15.6. The number of hydrogen-bond donors (Lipinski definition) is 0. The van der Waals surface area contributed by atoms with Gasteiger partial charge in [-0.1, -0.05) is 0 Å². The molecule has 8 heteroatoms. The predicted octanol–water partition coefficient (Wildman–Crippen LogP) is 1.67. The quantitative estimate of drug-likeness (QED) is 0.830. The molecule has 0 unspecified atom stereocenters. The van der Waals surface area contributed by atoms with Crippen molar-refractivity contribution in [1.82, 2.24) is 18.8 Å². The molecular weight excluding hydrogens is 320 g/mol. The molecule has 0 radical (unpaired) electrons. The molecule has 0 saturated carbocycles. The Morgan fingerprint density at radius 1 is 1.50 bits per heavy atom. The van der Waals surface area contributed by atoms with Gasteiger partial charge >= 0.3 is 0 Å². The van der Waals surface area contributed by atoms with Crippen LogP contribution < -0.4 is 0 Å². The van der Waals surface area contributed by atoms with E-state index in [0.717, 1.165) is 35.9 Å². The predicted molar refractivity (Wildman–Crippen MR) is 86.1 cm³/mol. The number of hydrogen-bond acceptors (Lipinski definition) is 5. The molecule has 120 valence electrons. The molecule has 0 bridgehead atoms. The molecule has 2 aromatic heterocycles. The summed E-state index contributed by atoms with van der Waals surface area (Å²) >= 11 is 1.55. The number of thiazole rings is 1. The van der Waals surface area contributed by atoms with Crippen LogP contribution in [0.25, 0.3) is 0 Å². The van der Waals surface area contributed by atoms with Crippen molar-refractivity contribution in [3.05, 3.63) is 34.3 Å². The molecule has 1 aliphatic rings. The topological polar surface area (TPSA) is 68.1 Å². The van der Waals surface area contributed by atoms with E-state index in [-0.39, 0.29) is 0 Å². The zero-order chi connectivity index (χ0) is 15.7. The average molecular weight is 340 g/mol. The van der Waals surface area contributed by atoms with E-state index >= 15 is 0 Å². The zero-order valence-electron chi connectivity index (χ0n) is 12.8. The van der Waals surface area contributed by atoms with E-state index in [2.05, 4.69) is 14.5 Å². The fraction of sp³-hybridized carbons (Fsp3) is 0.571. The summed E-state index contributed by atoms with van der Waals surface area (Å²) in [5.74, 6) is 1.41. The molecule has 0 aliphatic carbocycles. The SMILES string of the molecule is Cc1nc(CN(C[C@@H]2CCc3nccn3C2)S(C)(=O)=O)cs1. The Hall–Kier alpha value is -1.25. The second-order valence-corrected chi connectivity index (χ2v) is 8.86. The van der Waals surface area contributed by atoms with Crippen LogP contribution in [0.3, 0.4) is 0 Å². The highest BCUT2D eigenvalue weighted by Crippen LogP contribution is 2.22. The van der Waals surface area contributed by atoms with Crippen LogP contribution in [0.5, 0.6) is 0 Å². The Morgan fingerprint density at radius 3 is 3.00 bits per heavy atom. The average Bonchev–Trinajstić information content (AvgIpc) is 3.05. The van der Waals surface area contributed by atoms with Gasteiger partial charge in [-0.05, 0) is 19.3 Å². The molecule has 2 aromatic rings. The second kappa shape index (κ2) is 6.10. The first-order chi connectivity index (χ1) is 10.4. The lowest BCUT2D eigenvalue weighted by Gasteiger charge is -2.28. The van der Waals surface area contributed by atoms with Crippen LogP contribution in [0.15, 0.2) is 17.8 Å². The number of nitrogens with zero attached hydrogens (tertiary/aromatic N) is 4. The van der Waals surface area contributed by atoms with Crippen LogP contribution in [0.1, 0.15) is 22.9 Å². The van der Waals surface area contributed by atoms with Crippen molar-refractivity contribution in [3.8, 4) is 0 Å². The van der Waals surface area contributed by atoms with Crippen molar-refractivity contribution in [2.45, 2.75) is 32.9 Å². The van der Waals surface area contributed by atoms with Gasteiger partial charge in [0, 0.05) is 37.3 Å². The number of aryl methyl sites for hydroxylation is 2. The van der Waals surface area contributed by atoms with E-state index in [0.29, 0.717) is 19.0 Å². The highest BCUT2D eigenvalue weighted by Gasteiger charge is 2.26. The molecule has 6 nitrogen and oxygen atoms in total. The van der Waals surface area contributed by atoms with E-state index < -0.39 is 10.0 Å². The van der Waals surface area contributed by atoms with Gasteiger partial charge in [0.2, 0.25) is 10.0 Å². The molecule has 1 aliphatic heterocycles. The third-order valence-electron chi connectivity index (χ3n) is 3.97. The van der Waals surface area contributed by atoms with E-state index in [4.69, 9.17) is 0 Å². The molecule has 0 amide bonds. The lowest BCUT2D eigenvalue weighted by molar-refractivity contribution is 0.277. The second-order valence-electron chi connectivity index (χ2n) is 5.81. The summed E-state index contributed by atoms with van der Waals surface area (Å²) in [5, 5.41) is 2.90. The first-order valence-electron chi connectivity index (χ1n) is 7.28. The summed E-state index contributed by atoms with van der Waals surface area (Å²) in [4.78, 5) is 8.69. The standard InChI is InChI=1S/C14H20N4O2S2/c1-11-16-13(10-21-11)9-18(22(2,19)20)8-12-3-4-14-15-5-6-17(14)7-12/h5-6,10,12H,3-4,7-9H2,1-2H3/t12-/m1/s1. The van der Waals surface area contributed by atoms with Crippen molar-refractivity contribution in [3.63, 3.8) is 0 Å². The summed E-state index contributed by atoms with van der Waals surface area (Å²) < 4.78 is 27.9. The summed E-state index contributed by atoms with van der Waals surface area (Å²) in [5.41, 5.74) is 0.826. The van der Waals surface area contributed by atoms with Crippen LogP contribution in [-0.4, -0.2) is 40.1 Å². The smallest absolute Gasteiger partial charge is 0.211 e. The largest absolute Gasteiger partial charge is 0.335 e. The summed E-state index contributed by atoms with van der Waals surface area (Å²) in [7, 11) is -3.24. The van der Waals surface area contributed by atoms with Gasteiger partial charge in [0.15, 0.2) is 0 Å². The molecule has 0 spiro atoms. The van der Waals surface area contributed by atoms with Crippen molar-refractivity contribution < 1.29 is 8.42 Å². The number of imidazole rings is 1. The first-order valence-corrected chi connectivity index (χ1v) is 10.0. The van der Waals surface area contributed by atoms with E-state index in [9.17, 15) is 8.42 Å². The van der Waals surface area contributed by atoms with Gasteiger partial charge in [0.1, 0.15) is 5.82 Å². The lowest BCUT2D eigenvalue weighted by atomic mass is 9.99. The highest BCUT2D eigenvalue weighted by molar-refractivity contribution is 7.88. The zero-order valence-corrected chi connectivity index (χ0v) is 14.4. The molecule has 0 fully saturated rings. The van der Waals surface area contributed by atoms with Crippen molar-refractivity contribution in [2.75, 3.05) is 12.8 Å². The maximum atomic E-state index is 12.1. The molecule has 0 aromatic carbocycles. The molecule has 22 heavy (non-hydrogen) atoms. The van der Waals surface area contributed by atoms with Crippen LogP contribution in [-0.2, 0) is 29.5 Å². The minimum absolute atomic E-state index is 0.316. The van der Waals surface area contributed by atoms with E-state index in [1.807, 2.05) is 24.7 Å². The van der Waals surface area contributed by atoms with Crippen molar-refractivity contribution in [1.29, 1.82) is 0 Å². The lowest BCUT2D eigenvalue weighted by Crippen LogP contribution is -2.37. The Labute approximate surface area is 134 Å². The molecule has 3 heterocycles. The molecule has 0 saturated heterocycles. The maximum Gasteiger partial charge on any atom is 0.211 e. The van der Waals surface area contributed by atoms with Gasteiger partial charge < -0.3 is 4.57 Å². The van der Waals surface area contributed by atoms with Crippen molar-refractivity contribution >= 4 is 21.4 Å². The Morgan fingerprint density at radius 2 is 2.32 bits per heavy atom. The van der Waals surface area contributed by atoms with Gasteiger partial charge in [-0.15, -0.1) is 11.3 Å². The van der Waals surface area contributed by atoms with Gasteiger partial charge in [-0.25, -0.2) is 18.4 Å². The van der Waals surface area contributed by atoms with Crippen LogP contribution in [0.2, 0.25) is 0 Å². The Bertz CT molecular complexity index is 750. The monoisotopic (exact) mass is 340 g/mol. The summed E-state index contributed by atoms with van der Waals surface area (Å²) in [6.07, 6.45) is 6.93. The number of sulfonamides is 1. The normalized spacial score (nSPS) is 18.6. The van der Waals surface area contributed by atoms with E-state index in [1.165, 1.54) is 6.26 Å². The molecular formula is C14H20N4O2S2. The van der Waals surface area contributed by atoms with Gasteiger partial charge in [0.05, 0.1) is 23.5 Å². The van der Waals surface area contributed by atoms with Gasteiger partial charge in [-0.3, -0.25) is 0 Å². The number of rotatable bonds is 5.